The van der Waals surface area contributed by atoms with Gasteiger partial charge in [-0.15, -0.1) is 0 Å². The maximum absolute atomic E-state index is 13.0. The number of halogens is 1. The summed E-state index contributed by atoms with van der Waals surface area (Å²) in [5.41, 5.74) is 2.01. The Balaban J connectivity index is 1.94. The van der Waals surface area contributed by atoms with Crippen LogP contribution in [0.3, 0.4) is 0 Å². The number of amides is 1. The molecule has 1 saturated carbocycles. The van der Waals surface area contributed by atoms with Gasteiger partial charge >= 0.3 is 0 Å². The lowest BCUT2D eigenvalue weighted by Crippen LogP contribution is -2.39. The van der Waals surface area contributed by atoms with Gasteiger partial charge in [0.15, 0.2) is 5.13 Å². The van der Waals surface area contributed by atoms with E-state index in [0.29, 0.717) is 6.54 Å². The van der Waals surface area contributed by atoms with E-state index in [1.54, 1.807) is 11.3 Å². The zero-order valence-corrected chi connectivity index (χ0v) is 16.1. The van der Waals surface area contributed by atoms with Crippen LogP contribution >= 0.6 is 22.9 Å². The Morgan fingerprint density at radius 1 is 1.29 bits per heavy atom. The lowest BCUT2D eigenvalue weighted by Gasteiger charge is -2.24. The minimum absolute atomic E-state index is 0.156. The lowest BCUT2D eigenvalue weighted by molar-refractivity contribution is -0.122. The molecule has 0 atom stereocenters. The van der Waals surface area contributed by atoms with Gasteiger partial charge in [0, 0.05) is 24.0 Å². The maximum atomic E-state index is 13.0. The third kappa shape index (κ3) is 3.73. The predicted molar refractivity (Wildman–Crippen MR) is 102 cm³/mol. The molecule has 0 spiro atoms. The summed E-state index contributed by atoms with van der Waals surface area (Å²) in [6.45, 7) is 3.52. The molecule has 1 aliphatic carbocycles. The van der Waals surface area contributed by atoms with Crippen molar-refractivity contribution < 1.29 is 4.79 Å². The van der Waals surface area contributed by atoms with Crippen molar-refractivity contribution in [1.29, 1.82) is 0 Å². The topological polar surface area (TPSA) is 36.4 Å². The molecule has 0 saturated heterocycles. The third-order valence-corrected chi connectivity index (χ3v) is 5.85. The van der Waals surface area contributed by atoms with Crippen molar-refractivity contribution in [1.82, 2.24) is 9.88 Å². The van der Waals surface area contributed by atoms with E-state index in [1.165, 1.54) is 0 Å². The van der Waals surface area contributed by atoms with Crippen molar-refractivity contribution in [2.45, 2.75) is 32.6 Å². The fraction of sp³-hybridized carbons (Fsp3) is 0.556. The Morgan fingerprint density at radius 3 is 2.67 bits per heavy atom. The molecule has 3 rings (SSSR count). The van der Waals surface area contributed by atoms with Gasteiger partial charge in [0.1, 0.15) is 0 Å². The van der Waals surface area contributed by atoms with Crippen LogP contribution in [-0.2, 0) is 4.79 Å². The molecular weight excluding hydrogens is 342 g/mol. The highest BCUT2D eigenvalue weighted by atomic mass is 35.5. The predicted octanol–water partition coefficient (Wildman–Crippen LogP) is 4.34. The lowest BCUT2D eigenvalue weighted by atomic mass is 10.1. The second-order valence-electron chi connectivity index (χ2n) is 6.84. The number of aryl methyl sites for hydroxylation is 1. The molecule has 1 amide bonds. The number of thiazole rings is 1. The van der Waals surface area contributed by atoms with Crippen molar-refractivity contribution in [3.8, 4) is 0 Å². The Morgan fingerprint density at radius 2 is 2.00 bits per heavy atom. The number of fused-ring (bicyclic) bond motifs is 1. The summed E-state index contributed by atoms with van der Waals surface area (Å²) >= 11 is 7.74. The van der Waals surface area contributed by atoms with E-state index in [1.807, 2.05) is 38.1 Å². The highest BCUT2D eigenvalue weighted by Crippen LogP contribution is 2.35. The first-order valence-corrected chi connectivity index (χ1v) is 9.68. The van der Waals surface area contributed by atoms with Gasteiger partial charge in [-0.05, 0) is 51.6 Å². The van der Waals surface area contributed by atoms with Crippen LogP contribution in [0.5, 0.6) is 0 Å². The van der Waals surface area contributed by atoms with Crippen molar-refractivity contribution in [2.24, 2.45) is 5.92 Å². The minimum atomic E-state index is 0.156. The SMILES string of the molecule is Cc1cc(Cl)cc2sc(N(CCN(C)C)C(=O)C3CCCC3)nc12. The normalized spacial score (nSPS) is 15.5. The van der Waals surface area contributed by atoms with Gasteiger partial charge in [-0.2, -0.15) is 0 Å². The quantitative estimate of drug-likeness (QED) is 0.790. The Labute approximate surface area is 152 Å². The van der Waals surface area contributed by atoms with Crippen molar-refractivity contribution in [3.05, 3.63) is 22.7 Å². The van der Waals surface area contributed by atoms with Gasteiger partial charge in [0.05, 0.1) is 10.2 Å². The van der Waals surface area contributed by atoms with Gasteiger partial charge in [0.2, 0.25) is 5.91 Å². The van der Waals surface area contributed by atoms with E-state index in [-0.39, 0.29) is 11.8 Å². The molecule has 0 N–H and O–H groups in total. The van der Waals surface area contributed by atoms with E-state index in [0.717, 1.165) is 58.2 Å². The minimum Gasteiger partial charge on any atom is -0.308 e. The maximum Gasteiger partial charge on any atom is 0.231 e. The highest BCUT2D eigenvalue weighted by Gasteiger charge is 2.29. The molecule has 0 unspecified atom stereocenters. The number of anilines is 1. The molecule has 0 bridgehead atoms. The van der Waals surface area contributed by atoms with Gasteiger partial charge in [0.25, 0.3) is 0 Å². The fourth-order valence-corrected chi connectivity index (χ4v) is 4.70. The molecule has 4 nitrogen and oxygen atoms in total. The number of rotatable bonds is 5. The average Bonchev–Trinajstić information content (AvgIpc) is 3.16. The standard InChI is InChI=1S/C18H24ClN3OS/c1-12-10-14(19)11-15-16(12)20-18(24-15)22(9-8-21(2)3)17(23)13-6-4-5-7-13/h10-11,13H,4-9H2,1-3H3. The zero-order valence-electron chi connectivity index (χ0n) is 14.5. The van der Waals surface area contributed by atoms with Gasteiger partial charge in [-0.25, -0.2) is 4.98 Å². The second-order valence-corrected chi connectivity index (χ2v) is 8.29. The molecule has 6 heteroatoms. The molecule has 2 aromatic rings. The largest absolute Gasteiger partial charge is 0.308 e. The average molecular weight is 366 g/mol. The summed E-state index contributed by atoms with van der Waals surface area (Å²) in [4.78, 5) is 21.8. The Hall–Kier alpha value is -1.17. The van der Waals surface area contributed by atoms with E-state index in [4.69, 9.17) is 16.6 Å². The summed E-state index contributed by atoms with van der Waals surface area (Å²) in [6.07, 6.45) is 4.33. The number of hydrogen-bond acceptors (Lipinski definition) is 4. The first-order valence-electron chi connectivity index (χ1n) is 8.48. The van der Waals surface area contributed by atoms with Gasteiger partial charge in [-0.1, -0.05) is 35.8 Å². The summed E-state index contributed by atoms with van der Waals surface area (Å²) in [6, 6.07) is 3.87. The van der Waals surface area contributed by atoms with E-state index >= 15 is 0 Å². The summed E-state index contributed by atoms with van der Waals surface area (Å²) < 4.78 is 1.05. The molecule has 1 aliphatic rings. The van der Waals surface area contributed by atoms with Crippen LogP contribution in [0.25, 0.3) is 10.2 Å². The first kappa shape index (κ1) is 17.6. The number of benzene rings is 1. The Bertz CT molecular complexity index is 737. The number of nitrogens with zero attached hydrogens (tertiary/aromatic N) is 3. The number of likely N-dealkylation sites (N-methyl/N-ethyl adjacent to an activating group) is 1. The summed E-state index contributed by atoms with van der Waals surface area (Å²) in [5, 5.41) is 1.52. The van der Waals surface area contributed by atoms with E-state index in [9.17, 15) is 4.79 Å². The van der Waals surface area contributed by atoms with Crippen LogP contribution in [0.15, 0.2) is 12.1 Å². The van der Waals surface area contributed by atoms with E-state index in [2.05, 4.69) is 4.90 Å². The zero-order chi connectivity index (χ0) is 17.3. The third-order valence-electron chi connectivity index (χ3n) is 4.61. The highest BCUT2D eigenvalue weighted by molar-refractivity contribution is 7.22. The van der Waals surface area contributed by atoms with Gasteiger partial charge in [-0.3, -0.25) is 9.69 Å². The van der Waals surface area contributed by atoms with E-state index < -0.39 is 0 Å². The molecule has 1 aromatic heterocycles. The number of carbonyl (C=O) groups excluding carboxylic acids is 1. The Kier molecular flexibility index (Phi) is 5.42. The van der Waals surface area contributed by atoms with Crippen LogP contribution in [0.2, 0.25) is 5.02 Å². The van der Waals surface area contributed by atoms with Crippen molar-refractivity contribution in [2.75, 3.05) is 32.1 Å². The molecule has 1 heterocycles. The number of carbonyl (C=O) groups is 1. The van der Waals surface area contributed by atoms with Crippen molar-refractivity contribution in [3.63, 3.8) is 0 Å². The first-order chi connectivity index (χ1) is 11.5. The number of aromatic nitrogens is 1. The molecule has 0 radical (unpaired) electrons. The van der Waals surface area contributed by atoms with Crippen LogP contribution in [0.1, 0.15) is 31.2 Å². The van der Waals surface area contributed by atoms with Crippen LogP contribution in [0.4, 0.5) is 5.13 Å². The van der Waals surface area contributed by atoms with Crippen LogP contribution in [-0.4, -0.2) is 43.0 Å². The molecule has 24 heavy (non-hydrogen) atoms. The number of hydrogen-bond donors (Lipinski definition) is 0. The van der Waals surface area contributed by atoms with Gasteiger partial charge < -0.3 is 4.90 Å². The molecule has 130 valence electrons. The van der Waals surface area contributed by atoms with Crippen molar-refractivity contribution >= 4 is 44.2 Å². The molecule has 1 fully saturated rings. The van der Waals surface area contributed by atoms with Crippen LogP contribution in [0, 0.1) is 12.8 Å². The molecule has 0 aliphatic heterocycles. The molecular formula is C18H24ClN3OS. The second kappa shape index (κ2) is 7.38. The van der Waals surface area contributed by atoms with Crippen LogP contribution < -0.4 is 4.90 Å². The summed E-state index contributed by atoms with van der Waals surface area (Å²) in [5.74, 6) is 0.390. The fourth-order valence-electron chi connectivity index (χ4n) is 3.25. The summed E-state index contributed by atoms with van der Waals surface area (Å²) in [7, 11) is 4.06. The smallest absolute Gasteiger partial charge is 0.231 e. The monoisotopic (exact) mass is 365 g/mol. The molecule has 1 aromatic carbocycles.